The van der Waals surface area contributed by atoms with Crippen LogP contribution in [0, 0.1) is 5.82 Å². The summed E-state index contributed by atoms with van der Waals surface area (Å²) < 4.78 is 28.8. The first-order valence-electron chi connectivity index (χ1n) is 12.9. The van der Waals surface area contributed by atoms with Crippen LogP contribution in [0.3, 0.4) is 0 Å². The first-order chi connectivity index (χ1) is 18.1. The molecule has 0 saturated carbocycles. The number of nitrogens with zero attached hydrogens (tertiary/aromatic N) is 5. The number of halogens is 2. The summed E-state index contributed by atoms with van der Waals surface area (Å²) in [5, 5.41) is 2.69. The molecule has 9 heteroatoms. The van der Waals surface area contributed by atoms with Gasteiger partial charge in [0.25, 0.3) is 0 Å². The minimum absolute atomic E-state index is 0.152. The molecule has 7 nitrogen and oxygen atoms in total. The van der Waals surface area contributed by atoms with Gasteiger partial charge < -0.3 is 19.3 Å². The van der Waals surface area contributed by atoms with Crippen LogP contribution in [-0.2, 0) is 0 Å². The van der Waals surface area contributed by atoms with Crippen LogP contribution in [0.2, 0.25) is 5.02 Å². The number of likely N-dealkylation sites (tertiary alicyclic amines) is 1. The maximum atomic E-state index is 16.5. The monoisotopic (exact) mass is 519 g/mol. The average molecular weight is 520 g/mol. The van der Waals surface area contributed by atoms with Crippen molar-refractivity contribution in [2.45, 2.75) is 37.8 Å². The number of ether oxygens (including phenoxy) is 2. The maximum absolute atomic E-state index is 16.5. The van der Waals surface area contributed by atoms with Crippen LogP contribution in [0.5, 0.6) is 11.9 Å². The Morgan fingerprint density at radius 3 is 2.73 bits per heavy atom. The zero-order valence-corrected chi connectivity index (χ0v) is 21.3. The molecular formula is C28H27ClFN5O2. The van der Waals surface area contributed by atoms with Gasteiger partial charge in [-0.15, -0.1) is 0 Å². The van der Waals surface area contributed by atoms with Gasteiger partial charge in [-0.3, -0.25) is 0 Å². The number of hydrogen-bond donors (Lipinski definition) is 0. The number of rotatable bonds is 4. The lowest BCUT2D eigenvalue weighted by Crippen LogP contribution is -2.33. The van der Waals surface area contributed by atoms with E-state index in [1.54, 1.807) is 6.07 Å². The molecule has 2 fully saturated rings. The van der Waals surface area contributed by atoms with Gasteiger partial charge in [-0.25, -0.2) is 9.37 Å². The summed E-state index contributed by atoms with van der Waals surface area (Å²) in [5.41, 5.74) is 0.924. The molecule has 0 amide bonds. The van der Waals surface area contributed by atoms with Gasteiger partial charge in [0.05, 0.1) is 6.04 Å². The third kappa shape index (κ3) is 3.77. The number of benzene rings is 2. The molecule has 2 aromatic carbocycles. The quantitative estimate of drug-likeness (QED) is 0.354. The zero-order chi connectivity index (χ0) is 25.1. The largest absolute Gasteiger partial charge is 0.475 e. The standard InChI is InChI=1S/C28H27ClFN5O2/c1-34-12-4-8-17(34)14-37-28-32-25-22-26(33-28)35-13-5-9-18(35)15-36-27(22)31-24(23(25)30)19-10-2-6-16-7-3-11-20(29)21(16)19/h2-3,6-7,10-11,17-18H,4-5,8-9,12-15H2,1H3/t17?,18-/m0/s1. The van der Waals surface area contributed by atoms with Gasteiger partial charge in [-0.1, -0.05) is 41.9 Å². The van der Waals surface area contributed by atoms with Crippen molar-refractivity contribution in [2.75, 3.05) is 38.3 Å². The SMILES string of the molecule is CN1CCCC1COc1nc2c3c(nc(-c4cccc5cccc(Cl)c45)c(F)c3n1)OC[C@@H]1CCCN21. The van der Waals surface area contributed by atoms with Crippen LogP contribution in [0.4, 0.5) is 10.2 Å². The Balaban J connectivity index is 1.43. The summed E-state index contributed by atoms with van der Waals surface area (Å²) in [6, 6.07) is 12.0. The fourth-order valence-electron chi connectivity index (χ4n) is 5.97. The molecule has 0 bridgehead atoms. The van der Waals surface area contributed by atoms with Crippen LogP contribution in [-0.4, -0.2) is 65.3 Å². The highest BCUT2D eigenvalue weighted by Crippen LogP contribution is 2.43. The molecule has 2 atom stereocenters. The summed E-state index contributed by atoms with van der Waals surface area (Å²) in [6.45, 7) is 2.80. The van der Waals surface area contributed by atoms with Gasteiger partial charge >= 0.3 is 6.01 Å². The number of hydrogen-bond acceptors (Lipinski definition) is 7. The van der Waals surface area contributed by atoms with Crippen LogP contribution < -0.4 is 14.4 Å². The molecule has 0 radical (unpaired) electrons. The smallest absolute Gasteiger partial charge is 0.319 e. The van der Waals surface area contributed by atoms with Crippen molar-refractivity contribution in [3.63, 3.8) is 0 Å². The van der Waals surface area contributed by atoms with Crippen molar-refractivity contribution in [3.8, 4) is 23.1 Å². The first-order valence-corrected chi connectivity index (χ1v) is 13.3. The van der Waals surface area contributed by atoms with Crippen LogP contribution in [0.25, 0.3) is 32.9 Å². The summed E-state index contributed by atoms with van der Waals surface area (Å²) in [5.74, 6) is 0.463. The number of pyridine rings is 1. The topological polar surface area (TPSA) is 63.6 Å². The van der Waals surface area contributed by atoms with Crippen LogP contribution >= 0.6 is 11.6 Å². The molecule has 0 aliphatic carbocycles. The first kappa shape index (κ1) is 22.9. The highest BCUT2D eigenvalue weighted by molar-refractivity contribution is 6.36. The molecule has 37 heavy (non-hydrogen) atoms. The summed E-state index contributed by atoms with van der Waals surface area (Å²) in [4.78, 5) is 18.6. The Morgan fingerprint density at radius 1 is 1.05 bits per heavy atom. The highest BCUT2D eigenvalue weighted by atomic mass is 35.5. The van der Waals surface area contributed by atoms with Crippen molar-refractivity contribution < 1.29 is 13.9 Å². The van der Waals surface area contributed by atoms with E-state index >= 15 is 4.39 Å². The van der Waals surface area contributed by atoms with E-state index in [1.807, 2.05) is 30.3 Å². The molecule has 0 N–H and O–H groups in total. The summed E-state index contributed by atoms with van der Waals surface area (Å²) in [7, 11) is 2.10. The number of aromatic nitrogens is 3. The Kier molecular flexibility index (Phi) is 5.55. The molecule has 2 saturated heterocycles. The van der Waals surface area contributed by atoms with E-state index < -0.39 is 5.82 Å². The van der Waals surface area contributed by atoms with Crippen LogP contribution in [0.1, 0.15) is 25.7 Å². The van der Waals surface area contributed by atoms with E-state index in [0.717, 1.165) is 49.5 Å². The predicted molar refractivity (Wildman–Crippen MR) is 142 cm³/mol. The Bertz CT molecular complexity index is 1530. The van der Waals surface area contributed by atoms with E-state index in [2.05, 4.69) is 21.8 Å². The summed E-state index contributed by atoms with van der Waals surface area (Å²) in [6.07, 6.45) is 4.21. The molecule has 190 valence electrons. The van der Waals surface area contributed by atoms with Crippen molar-refractivity contribution in [2.24, 2.45) is 0 Å². The van der Waals surface area contributed by atoms with Gasteiger partial charge in [0, 0.05) is 28.6 Å². The third-order valence-electron chi connectivity index (χ3n) is 7.96. The van der Waals surface area contributed by atoms with Crippen LogP contribution in [0.15, 0.2) is 36.4 Å². The number of likely N-dealkylation sites (N-methyl/N-ethyl adjacent to an activating group) is 1. The Morgan fingerprint density at radius 2 is 1.89 bits per heavy atom. The van der Waals surface area contributed by atoms with Crippen molar-refractivity contribution in [1.29, 1.82) is 0 Å². The van der Waals surface area contributed by atoms with Gasteiger partial charge in [0.15, 0.2) is 5.82 Å². The molecule has 7 rings (SSSR count). The second kappa shape index (κ2) is 8.96. The van der Waals surface area contributed by atoms with Gasteiger partial charge in [-0.2, -0.15) is 9.97 Å². The number of anilines is 1. The maximum Gasteiger partial charge on any atom is 0.319 e. The molecule has 1 unspecified atom stereocenters. The fraction of sp³-hybridized carbons (Fsp3) is 0.393. The molecule has 3 aliphatic rings. The second-order valence-electron chi connectivity index (χ2n) is 10.2. The van der Waals surface area contributed by atoms with Crippen molar-refractivity contribution in [3.05, 3.63) is 47.2 Å². The molecule has 3 aliphatic heterocycles. The average Bonchev–Trinajstić information content (AvgIpc) is 3.52. The fourth-order valence-corrected chi connectivity index (χ4v) is 6.26. The van der Waals surface area contributed by atoms with E-state index in [1.165, 1.54) is 0 Å². The van der Waals surface area contributed by atoms with Crippen molar-refractivity contribution in [1.82, 2.24) is 19.9 Å². The Hall–Kier alpha value is -3.23. The minimum atomic E-state index is -0.529. The normalized spacial score (nSPS) is 21.3. The molecular weight excluding hydrogens is 493 g/mol. The van der Waals surface area contributed by atoms with E-state index in [0.29, 0.717) is 46.9 Å². The van der Waals surface area contributed by atoms with E-state index in [4.69, 9.17) is 31.0 Å². The van der Waals surface area contributed by atoms with E-state index in [-0.39, 0.29) is 23.3 Å². The Labute approximate surface area is 219 Å². The highest BCUT2D eigenvalue weighted by Gasteiger charge is 2.35. The van der Waals surface area contributed by atoms with Gasteiger partial charge in [0.2, 0.25) is 5.88 Å². The zero-order valence-electron chi connectivity index (χ0n) is 20.6. The summed E-state index contributed by atoms with van der Waals surface area (Å²) >= 11 is 6.59. The van der Waals surface area contributed by atoms with Gasteiger partial charge in [-0.05, 0) is 50.7 Å². The minimum Gasteiger partial charge on any atom is -0.475 e. The molecule has 4 aromatic rings. The second-order valence-corrected chi connectivity index (χ2v) is 10.6. The molecule has 2 aromatic heterocycles. The lowest BCUT2D eigenvalue weighted by atomic mass is 10.0. The number of fused-ring (bicyclic) bond motifs is 3. The van der Waals surface area contributed by atoms with Gasteiger partial charge in [0.1, 0.15) is 35.6 Å². The molecule has 5 heterocycles. The lowest BCUT2D eigenvalue weighted by Gasteiger charge is -2.24. The lowest BCUT2D eigenvalue weighted by molar-refractivity contribution is 0.188. The van der Waals surface area contributed by atoms with E-state index in [9.17, 15) is 0 Å². The third-order valence-corrected chi connectivity index (χ3v) is 8.27. The van der Waals surface area contributed by atoms with Crippen molar-refractivity contribution >= 4 is 39.1 Å². The molecule has 0 spiro atoms. The predicted octanol–water partition coefficient (Wildman–Crippen LogP) is 5.47.